The number of nitrogens with zero attached hydrogens (tertiary/aromatic N) is 4. The van der Waals surface area contributed by atoms with Gasteiger partial charge in [-0.3, -0.25) is 0 Å². The van der Waals surface area contributed by atoms with Crippen molar-refractivity contribution in [3.63, 3.8) is 0 Å². The van der Waals surface area contributed by atoms with Gasteiger partial charge >= 0.3 is 0 Å². The second-order valence-electron chi connectivity index (χ2n) is 11.4. The second-order valence-corrected chi connectivity index (χ2v) is 11.4. The van der Waals surface area contributed by atoms with Crippen molar-refractivity contribution in [1.29, 1.82) is 0 Å². The molecule has 0 aliphatic rings. The van der Waals surface area contributed by atoms with Gasteiger partial charge in [-0.05, 0) is 81.7 Å². The minimum Gasteiger partial charge on any atom is -0.309 e. The Labute approximate surface area is 360 Å². The minimum atomic E-state index is -1.01. The van der Waals surface area contributed by atoms with Crippen LogP contribution in [0.25, 0.3) is 95.0 Å². The van der Waals surface area contributed by atoms with Crippen LogP contribution in [0.2, 0.25) is 0 Å². The summed E-state index contributed by atoms with van der Waals surface area (Å²) >= 11 is 0. The predicted molar refractivity (Wildman–Crippen MR) is 227 cm³/mol. The van der Waals surface area contributed by atoms with Gasteiger partial charge < -0.3 is 4.57 Å². The molecular weight excluding hydrogens is 669 g/mol. The molecule has 55 heavy (non-hydrogen) atoms. The van der Waals surface area contributed by atoms with E-state index in [1.165, 1.54) is 12.1 Å². The summed E-state index contributed by atoms with van der Waals surface area (Å²) in [5, 5.41) is -1.10. The lowest BCUT2D eigenvalue weighted by molar-refractivity contribution is 1.07. The maximum atomic E-state index is 9.57. The normalized spacial score (nSPS) is 18.7. The Morgan fingerprint density at radius 2 is 0.800 bits per heavy atom. The van der Waals surface area contributed by atoms with E-state index in [1.54, 1.807) is 18.2 Å². The van der Waals surface area contributed by atoms with E-state index in [0.717, 1.165) is 4.57 Å². The number of rotatable bonds is 7. The first-order valence-corrected chi connectivity index (χ1v) is 16.2. The number of hydrogen-bond donors (Lipinski definition) is 0. The molecule has 0 bridgehead atoms. The molecule has 0 radical (unpaired) electrons. The van der Waals surface area contributed by atoms with Crippen molar-refractivity contribution in [3.8, 4) is 73.2 Å². The van der Waals surface area contributed by atoms with Crippen LogP contribution in [0.1, 0.15) is 39.8 Å². The van der Waals surface area contributed by atoms with Crippen molar-refractivity contribution in [2.75, 3.05) is 0 Å². The first kappa shape index (κ1) is 14.1. The number of benzene rings is 8. The molecule has 0 fully saturated rings. The van der Waals surface area contributed by atoms with Crippen LogP contribution < -0.4 is 0 Å². The van der Waals surface area contributed by atoms with Crippen LogP contribution in [0.3, 0.4) is 0 Å². The van der Waals surface area contributed by atoms with Crippen LogP contribution in [0.4, 0.5) is 0 Å². The molecule has 0 unspecified atom stereocenters. The summed E-state index contributed by atoms with van der Waals surface area (Å²) in [6, 6.07) is -18.7. The third kappa shape index (κ3) is 6.16. The molecule has 0 spiro atoms. The largest absolute Gasteiger partial charge is 0.309 e. The first-order valence-electron chi connectivity index (χ1n) is 30.7. The first-order chi connectivity index (χ1) is 39.3. The summed E-state index contributed by atoms with van der Waals surface area (Å²) in [7, 11) is 0. The van der Waals surface area contributed by atoms with Gasteiger partial charge in [-0.15, -0.1) is 0 Å². The van der Waals surface area contributed by atoms with Gasteiger partial charge in [0.2, 0.25) is 0 Å². The van der Waals surface area contributed by atoms with E-state index < -0.39 is 259 Å². The Hall–Kier alpha value is -7.43. The molecule has 10 rings (SSSR count). The molecule has 0 aliphatic carbocycles. The van der Waals surface area contributed by atoms with Crippen molar-refractivity contribution in [1.82, 2.24) is 19.5 Å². The molecule has 0 amide bonds. The Balaban J connectivity index is 1.26. The van der Waals surface area contributed by atoms with E-state index in [1.807, 2.05) is 0 Å². The van der Waals surface area contributed by atoms with E-state index in [9.17, 15) is 11.0 Å². The van der Waals surface area contributed by atoms with Crippen LogP contribution in [0, 0.1) is 0 Å². The Bertz CT molecular complexity index is 4540. The quantitative estimate of drug-likeness (QED) is 0.164. The van der Waals surface area contributed by atoms with Crippen LogP contribution in [0.5, 0.6) is 0 Å². The highest BCUT2D eigenvalue weighted by Crippen LogP contribution is 2.36. The van der Waals surface area contributed by atoms with Gasteiger partial charge in [0.15, 0.2) is 17.5 Å². The molecular formula is C51H34N4. The van der Waals surface area contributed by atoms with Gasteiger partial charge in [0.25, 0.3) is 0 Å². The van der Waals surface area contributed by atoms with Crippen LogP contribution in [-0.4, -0.2) is 19.5 Å². The molecule has 10 aromatic rings. The van der Waals surface area contributed by atoms with Gasteiger partial charge in [0.1, 0.15) is 0 Å². The minimum absolute atomic E-state index is 0.182. The number of para-hydroxylation sites is 1. The summed E-state index contributed by atoms with van der Waals surface area (Å²) in [6.07, 6.45) is 0. The Morgan fingerprint density at radius 3 is 1.51 bits per heavy atom. The topological polar surface area (TPSA) is 43.6 Å². The lowest BCUT2D eigenvalue weighted by atomic mass is 9.99. The number of aromatic nitrogens is 4. The fraction of sp³-hybridized carbons (Fsp3) is 0. The van der Waals surface area contributed by atoms with Crippen LogP contribution in [-0.2, 0) is 0 Å². The summed E-state index contributed by atoms with van der Waals surface area (Å²) < 4.78 is 258. The third-order valence-electron chi connectivity index (χ3n) is 8.11. The standard InChI is InChI=1S/C51H34N4/c1-4-13-35(14-5-1)37-23-25-38(26-24-37)41-19-12-20-43(33-41)51-53-49(39-17-8-3-9-18-39)52-50(54-51)40-27-30-44(31-28-40)55-47-22-11-10-21-45(47)46-34-42(29-32-48(46)55)36-15-6-2-7-16-36/h1-34H/i1D,2D,4D,5D,6D,7D,10D,11D,12D,13D,14D,15D,16D,19D,20D,21D,22D,23D,24D,25D,26D,27D,28D,29D,30D,31D,32D,33D,34D. The maximum Gasteiger partial charge on any atom is 0.164 e. The molecule has 2 aromatic heterocycles. The maximum absolute atomic E-state index is 9.57. The Morgan fingerprint density at radius 1 is 0.327 bits per heavy atom. The van der Waals surface area contributed by atoms with Crippen molar-refractivity contribution in [2.24, 2.45) is 0 Å². The third-order valence-corrected chi connectivity index (χ3v) is 8.11. The van der Waals surface area contributed by atoms with Crippen molar-refractivity contribution < 1.29 is 39.8 Å². The lowest BCUT2D eigenvalue weighted by Crippen LogP contribution is -2.00. The lowest BCUT2D eigenvalue weighted by Gasteiger charge is -2.11. The average Bonchev–Trinajstić information content (AvgIpc) is 2.53. The van der Waals surface area contributed by atoms with E-state index in [-0.39, 0.29) is 11.4 Å². The molecule has 0 saturated heterocycles. The van der Waals surface area contributed by atoms with Gasteiger partial charge in [-0.25, -0.2) is 15.0 Å². The van der Waals surface area contributed by atoms with Crippen LogP contribution >= 0.6 is 0 Å². The summed E-state index contributed by atoms with van der Waals surface area (Å²) in [6.45, 7) is 0. The zero-order chi connectivity index (χ0) is 61.8. The van der Waals surface area contributed by atoms with Crippen molar-refractivity contribution in [3.05, 3.63) is 206 Å². The van der Waals surface area contributed by atoms with Crippen LogP contribution in [0.15, 0.2) is 206 Å². The molecule has 4 heteroatoms. The van der Waals surface area contributed by atoms with E-state index in [2.05, 4.69) is 15.0 Å². The molecule has 0 atom stereocenters. The van der Waals surface area contributed by atoms with Gasteiger partial charge in [-0.1, -0.05) is 157 Å². The van der Waals surface area contributed by atoms with E-state index in [0.29, 0.717) is 0 Å². The molecule has 0 N–H and O–H groups in total. The smallest absolute Gasteiger partial charge is 0.164 e. The molecule has 0 aliphatic heterocycles. The highest BCUT2D eigenvalue weighted by molar-refractivity contribution is 6.10. The van der Waals surface area contributed by atoms with Gasteiger partial charge in [0.05, 0.1) is 50.8 Å². The summed E-state index contributed by atoms with van der Waals surface area (Å²) in [5.41, 5.74) is -7.69. The second kappa shape index (κ2) is 13.8. The molecule has 2 heterocycles. The fourth-order valence-electron chi connectivity index (χ4n) is 5.60. The monoisotopic (exact) mass is 731 g/mol. The molecule has 4 nitrogen and oxygen atoms in total. The van der Waals surface area contributed by atoms with Crippen molar-refractivity contribution >= 4 is 21.8 Å². The highest BCUT2D eigenvalue weighted by Gasteiger charge is 2.16. The van der Waals surface area contributed by atoms with E-state index >= 15 is 0 Å². The molecule has 0 saturated carbocycles. The zero-order valence-corrected chi connectivity index (χ0v) is 27.7. The zero-order valence-electron chi connectivity index (χ0n) is 56.7. The van der Waals surface area contributed by atoms with E-state index in [4.69, 9.17) is 28.8 Å². The number of hydrogen-bond acceptors (Lipinski definition) is 3. The SMILES string of the molecule is [2H]c1c([2H])c([2H])c(-c2c([2H])c([2H])c(-c3c([2H])c([2H])c([2H])c(-c4nc(-c5ccccc5)nc(-c5c([2H])c([2H])c(-n6c7c([2H])c([2H])c([2H])c([2H])c7c7c([2H])c(-c8c([2H])c([2H])c([2H])c([2H])c8[2H])c([2H])c([2H])c76)c([2H])c5[2H])n4)c3[2H])c([2H])c2[2H])c([2H])c1[2H]. The fourth-order valence-corrected chi connectivity index (χ4v) is 5.60. The highest BCUT2D eigenvalue weighted by atomic mass is 15.0. The summed E-state index contributed by atoms with van der Waals surface area (Å²) in [5.74, 6) is -1.72. The van der Waals surface area contributed by atoms with Gasteiger partial charge in [-0.2, -0.15) is 0 Å². The summed E-state index contributed by atoms with van der Waals surface area (Å²) in [4.78, 5) is 13.4. The van der Waals surface area contributed by atoms with Gasteiger partial charge in [0, 0.05) is 33.2 Å². The number of fused-ring (bicyclic) bond motifs is 3. The molecule has 258 valence electrons. The predicted octanol–water partition coefficient (Wildman–Crippen LogP) is 13.0. The Kier molecular flexibility index (Phi) is 3.55. The average molecular weight is 732 g/mol. The molecule has 8 aromatic carbocycles. The van der Waals surface area contributed by atoms with Crippen molar-refractivity contribution in [2.45, 2.75) is 0 Å².